The summed E-state index contributed by atoms with van der Waals surface area (Å²) in [5.74, 6) is -1.69. The van der Waals surface area contributed by atoms with E-state index in [0.29, 0.717) is 0 Å². The Hall–Kier alpha value is -1.17. The van der Waals surface area contributed by atoms with Gasteiger partial charge >= 0.3 is 0 Å². The first-order valence-electron chi connectivity index (χ1n) is 2.90. The standard InChI is InChI=1S/C6H4BrFN2O2/c7-4-2(8)1-3(5(9)11)10-6(4)12/h1H,(H2,9,11)(H,10,12). The first kappa shape index (κ1) is 8.92. The predicted octanol–water partition coefficient (Wildman–Crippen LogP) is 0.375. The largest absolute Gasteiger partial charge is 0.364 e. The average molecular weight is 235 g/mol. The van der Waals surface area contributed by atoms with E-state index in [-0.39, 0.29) is 10.2 Å². The highest BCUT2D eigenvalue weighted by Gasteiger charge is 2.08. The van der Waals surface area contributed by atoms with Gasteiger partial charge in [-0.1, -0.05) is 0 Å². The van der Waals surface area contributed by atoms with Gasteiger partial charge in [0.2, 0.25) is 0 Å². The van der Waals surface area contributed by atoms with Gasteiger partial charge < -0.3 is 10.7 Å². The normalized spacial score (nSPS) is 9.83. The summed E-state index contributed by atoms with van der Waals surface area (Å²) in [6, 6.07) is 0.855. The molecular formula is C6H4BrFN2O2. The molecule has 0 bridgehead atoms. The summed E-state index contributed by atoms with van der Waals surface area (Å²) in [5.41, 5.74) is 3.84. The Kier molecular flexibility index (Phi) is 2.27. The maximum absolute atomic E-state index is 12.7. The molecule has 0 fully saturated rings. The molecule has 0 aliphatic carbocycles. The minimum atomic E-state index is -0.876. The molecule has 6 heteroatoms. The molecule has 1 aromatic rings. The Labute approximate surface area is 74.7 Å². The third-order valence-electron chi connectivity index (χ3n) is 1.19. The summed E-state index contributed by atoms with van der Waals surface area (Å²) in [6.07, 6.45) is 0. The maximum atomic E-state index is 12.7. The Balaban J connectivity index is 3.41. The van der Waals surface area contributed by atoms with Gasteiger partial charge in [0, 0.05) is 6.07 Å². The van der Waals surface area contributed by atoms with E-state index in [1.165, 1.54) is 0 Å². The van der Waals surface area contributed by atoms with Gasteiger partial charge in [0.05, 0.1) is 0 Å². The third-order valence-corrected chi connectivity index (χ3v) is 1.93. The number of nitrogens with one attached hydrogen (secondary N) is 1. The quantitative estimate of drug-likeness (QED) is 0.737. The fourth-order valence-electron chi connectivity index (χ4n) is 0.645. The number of hydrogen-bond acceptors (Lipinski definition) is 2. The number of primary amides is 1. The lowest BCUT2D eigenvalue weighted by Gasteiger charge is -1.96. The Morgan fingerprint density at radius 1 is 1.67 bits per heavy atom. The van der Waals surface area contributed by atoms with Crippen molar-refractivity contribution in [2.45, 2.75) is 0 Å². The van der Waals surface area contributed by atoms with Gasteiger partial charge in [-0.3, -0.25) is 9.59 Å². The second-order valence-electron chi connectivity index (χ2n) is 2.04. The number of aromatic nitrogens is 1. The SMILES string of the molecule is NC(=O)c1cc(F)c(Br)c(=O)[nH]1. The Morgan fingerprint density at radius 3 is 2.67 bits per heavy atom. The van der Waals surface area contributed by atoms with Crippen molar-refractivity contribution in [2.24, 2.45) is 5.73 Å². The summed E-state index contributed by atoms with van der Waals surface area (Å²) in [7, 11) is 0. The molecule has 3 N–H and O–H groups in total. The zero-order valence-electron chi connectivity index (χ0n) is 5.73. The first-order chi connectivity index (χ1) is 5.52. The van der Waals surface area contributed by atoms with E-state index in [1.54, 1.807) is 0 Å². The van der Waals surface area contributed by atoms with Crippen LogP contribution in [0.3, 0.4) is 0 Å². The van der Waals surface area contributed by atoms with E-state index < -0.39 is 17.3 Å². The Morgan fingerprint density at radius 2 is 2.25 bits per heavy atom. The van der Waals surface area contributed by atoms with Crippen LogP contribution in [-0.2, 0) is 0 Å². The van der Waals surface area contributed by atoms with Crippen LogP contribution in [0, 0.1) is 5.82 Å². The molecule has 1 amide bonds. The van der Waals surface area contributed by atoms with Crippen molar-refractivity contribution in [3.63, 3.8) is 0 Å². The predicted molar refractivity (Wildman–Crippen MR) is 43.2 cm³/mol. The lowest BCUT2D eigenvalue weighted by atomic mass is 10.3. The molecule has 0 aliphatic heterocycles. The molecule has 12 heavy (non-hydrogen) atoms. The molecule has 1 heterocycles. The minimum Gasteiger partial charge on any atom is -0.364 e. The van der Waals surface area contributed by atoms with Crippen molar-refractivity contribution in [1.82, 2.24) is 4.98 Å². The van der Waals surface area contributed by atoms with Crippen LogP contribution in [0.2, 0.25) is 0 Å². The van der Waals surface area contributed by atoms with Crippen molar-refractivity contribution in [1.29, 1.82) is 0 Å². The third kappa shape index (κ3) is 1.53. The molecule has 0 aliphatic rings. The van der Waals surface area contributed by atoms with Crippen LogP contribution in [0.4, 0.5) is 4.39 Å². The number of pyridine rings is 1. The maximum Gasteiger partial charge on any atom is 0.265 e. The van der Waals surface area contributed by atoms with Crippen LogP contribution in [0.25, 0.3) is 0 Å². The summed E-state index contributed by atoms with van der Waals surface area (Å²) in [6.45, 7) is 0. The molecule has 0 radical (unpaired) electrons. The van der Waals surface area contributed by atoms with Crippen molar-refractivity contribution < 1.29 is 9.18 Å². The van der Waals surface area contributed by atoms with E-state index in [2.05, 4.69) is 20.9 Å². The highest BCUT2D eigenvalue weighted by Crippen LogP contribution is 2.08. The lowest BCUT2D eigenvalue weighted by molar-refractivity contribution is 0.0995. The number of H-pyrrole nitrogens is 1. The lowest BCUT2D eigenvalue weighted by Crippen LogP contribution is -2.20. The van der Waals surface area contributed by atoms with Gasteiger partial charge in [-0.15, -0.1) is 0 Å². The number of halogens is 2. The number of amides is 1. The fraction of sp³-hybridized carbons (Fsp3) is 0. The number of carbonyl (C=O) groups is 1. The smallest absolute Gasteiger partial charge is 0.265 e. The average Bonchev–Trinajstić information content (AvgIpc) is 1.99. The van der Waals surface area contributed by atoms with Crippen LogP contribution in [0.5, 0.6) is 0 Å². The van der Waals surface area contributed by atoms with Crippen molar-refractivity contribution in [2.75, 3.05) is 0 Å². The molecule has 0 spiro atoms. The molecule has 0 atom stereocenters. The van der Waals surface area contributed by atoms with Gasteiger partial charge in [-0.2, -0.15) is 0 Å². The van der Waals surface area contributed by atoms with Crippen LogP contribution < -0.4 is 11.3 Å². The van der Waals surface area contributed by atoms with E-state index in [1.807, 2.05) is 0 Å². The molecule has 0 aromatic carbocycles. The Bertz CT molecular complexity index is 388. The van der Waals surface area contributed by atoms with E-state index in [4.69, 9.17) is 5.73 Å². The van der Waals surface area contributed by atoms with Crippen LogP contribution in [0.1, 0.15) is 10.5 Å². The highest BCUT2D eigenvalue weighted by atomic mass is 79.9. The van der Waals surface area contributed by atoms with Crippen molar-refractivity contribution in [3.05, 3.63) is 32.4 Å². The minimum absolute atomic E-state index is 0.243. The molecule has 1 aromatic heterocycles. The van der Waals surface area contributed by atoms with Gasteiger partial charge in [-0.05, 0) is 15.9 Å². The number of nitrogens with two attached hydrogens (primary N) is 1. The van der Waals surface area contributed by atoms with Crippen LogP contribution in [-0.4, -0.2) is 10.9 Å². The molecular weight excluding hydrogens is 231 g/mol. The summed E-state index contributed by atoms with van der Waals surface area (Å²) < 4.78 is 12.5. The van der Waals surface area contributed by atoms with Gasteiger partial charge in [0.1, 0.15) is 16.0 Å². The number of rotatable bonds is 1. The second-order valence-corrected chi connectivity index (χ2v) is 2.83. The molecule has 0 unspecified atom stereocenters. The van der Waals surface area contributed by atoms with E-state index in [9.17, 15) is 14.0 Å². The van der Waals surface area contributed by atoms with Crippen molar-refractivity contribution >= 4 is 21.8 Å². The van der Waals surface area contributed by atoms with E-state index in [0.717, 1.165) is 6.07 Å². The summed E-state index contributed by atoms with van der Waals surface area (Å²) in [5, 5.41) is 0. The van der Waals surface area contributed by atoms with Gasteiger partial charge in [0.25, 0.3) is 11.5 Å². The fourth-order valence-corrected chi connectivity index (χ4v) is 0.858. The molecule has 64 valence electrons. The van der Waals surface area contributed by atoms with Crippen LogP contribution in [0.15, 0.2) is 15.3 Å². The molecule has 0 saturated carbocycles. The summed E-state index contributed by atoms with van der Waals surface area (Å²) >= 11 is 2.69. The summed E-state index contributed by atoms with van der Waals surface area (Å²) in [4.78, 5) is 23.4. The number of aromatic amines is 1. The zero-order valence-corrected chi connectivity index (χ0v) is 7.31. The molecule has 1 rings (SSSR count). The monoisotopic (exact) mass is 234 g/mol. The van der Waals surface area contributed by atoms with Gasteiger partial charge in [0.15, 0.2) is 0 Å². The zero-order chi connectivity index (χ0) is 9.30. The second kappa shape index (κ2) is 3.06. The van der Waals surface area contributed by atoms with Gasteiger partial charge in [-0.25, -0.2) is 4.39 Å². The first-order valence-corrected chi connectivity index (χ1v) is 3.70. The van der Waals surface area contributed by atoms with Crippen molar-refractivity contribution in [3.8, 4) is 0 Å². The highest BCUT2D eigenvalue weighted by molar-refractivity contribution is 9.10. The van der Waals surface area contributed by atoms with Crippen LogP contribution >= 0.6 is 15.9 Å². The van der Waals surface area contributed by atoms with E-state index >= 15 is 0 Å². The molecule has 4 nitrogen and oxygen atoms in total. The molecule has 0 saturated heterocycles. The number of hydrogen-bond donors (Lipinski definition) is 2. The number of carbonyl (C=O) groups excluding carboxylic acids is 1. The topological polar surface area (TPSA) is 76.0 Å².